The number of rotatable bonds is 6. The second-order valence-electron chi connectivity index (χ2n) is 3.02. The van der Waals surface area contributed by atoms with Gasteiger partial charge in [-0.1, -0.05) is 12.1 Å². The van der Waals surface area contributed by atoms with Gasteiger partial charge in [0.05, 0.1) is 13.7 Å². The third-order valence-electron chi connectivity index (χ3n) is 1.97. The molecular weight excluding hydrogens is 214 g/mol. The van der Waals surface area contributed by atoms with Crippen LogP contribution in [-0.2, 0) is 11.3 Å². The lowest BCUT2D eigenvalue weighted by Crippen LogP contribution is -3.00. The molecule has 1 aromatic rings. The minimum atomic E-state index is 0. The van der Waals surface area contributed by atoms with E-state index in [1.807, 2.05) is 12.1 Å². The summed E-state index contributed by atoms with van der Waals surface area (Å²) in [5, 5.41) is 3.27. The quantitative estimate of drug-likeness (QED) is 0.600. The number of halogens is 1. The van der Waals surface area contributed by atoms with Gasteiger partial charge < -0.3 is 27.2 Å². The van der Waals surface area contributed by atoms with Crippen LogP contribution in [0.5, 0.6) is 5.75 Å². The molecule has 0 aromatic heterocycles. The van der Waals surface area contributed by atoms with Crippen LogP contribution in [0.1, 0.15) is 5.56 Å². The summed E-state index contributed by atoms with van der Waals surface area (Å²) in [5.41, 5.74) is 1.25. The van der Waals surface area contributed by atoms with Crippen molar-refractivity contribution in [3.63, 3.8) is 0 Å². The Morgan fingerprint density at radius 2 is 1.80 bits per heavy atom. The van der Waals surface area contributed by atoms with E-state index in [1.54, 1.807) is 14.2 Å². The number of methoxy groups -OCH3 is 2. The summed E-state index contributed by atoms with van der Waals surface area (Å²) in [4.78, 5) is 0. The fraction of sp³-hybridized carbons (Fsp3) is 0.455. The van der Waals surface area contributed by atoms with Gasteiger partial charge in [0, 0.05) is 20.2 Å². The van der Waals surface area contributed by atoms with Gasteiger partial charge in [0.25, 0.3) is 0 Å². The van der Waals surface area contributed by atoms with Gasteiger partial charge in [-0.05, 0) is 17.7 Å². The Morgan fingerprint density at radius 3 is 2.33 bits per heavy atom. The topological polar surface area (TPSA) is 30.5 Å². The van der Waals surface area contributed by atoms with Crippen molar-refractivity contribution in [1.29, 1.82) is 0 Å². The highest BCUT2D eigenvalue weighted by Gasteiger charge is 1.93. The normalized spacial score (nSPS) is 9.47. The van der Waals surface area contributed by atoms with Crippen molar-refractivity contribution in [2.75, 3.05) is 27.4 Å². The molecule has 0 aliphatic rings. The molecule has 86 valence electrons. The maximum atomic E-state index is 5.07. The highest BCUT2D eigenvalue weighted by atomic mass is 35.5. The molecule has 1 aromatic carbocycles. The highest BCUT2D eigenvalue weighted by Crippen LogP contribution is 2.10. The Kier molecular flexibility index (Phi) is 8.09. The molecule has 0 fully saturated rings. The van der Waals surface area contributed by atoms with E-state index in [-0.39, 0.29) is 12.4 Å². The zero-order valence-electron chi connectivity index (χ0n) is 9.13. The Hall–Kier alpha value is -0.770. The lowest BCUT2D eigenvalue weighted by molar-refractivity contribution is -0.00000361. The average Bonchev–Trinajstić information content (AvgIpc) is 2.25. The minimum absolute atomic E-state index is 0. The van der Waals surface area contributed by atoms with Gasteiger partial charge in [-0.3, -0.25) is 0 Å². The van der Waals surface area contributed by atoms with Crippen molar-refractivity contribution in [1.82, 2.24) is 5.32 Å². The Bertz CT molecular complexity index is 251. The van der Waals surface area contributed by atoms with E-state index in [9.17, 15) is 0 Å². The average molecular weight is 231 g/mol. The summed E-state index contributed by atoms with van der Waals surface area (Å²) < 4.78 is 10.0. The maximum absolute atomic E-state index is 5.07. The molecule has 0 spiro atoms. The van der Waals surface area contributed by atoms with E-state index >= 15 is 0 Å². The van der Waals surface area contributed by atoms with Crippen molar-refractivity contribution >= 4 is 0 Å². The number of hydrogen-bond donors (Lipinski definition) is 1. The minimum Gasteiger partial charge on any atom is -1.00 e. The second-order valence-corrected chi connectivity index (χ2v) is 3.02. The first-order valence-corrected chi connectivity index (χ1v) is 4.69. The monoisotopic (exact) mass is 230 g/mol. The number of nitrogens with one attached hydrogen (secondary N) is 1. The van der Waals surface area contributed by atoms with Crippen LogP contribution in [0.2, 0.25) is 0 Å². The molecule has 15 heavy (non-hydrogen) atoms. The maximum Gasteiger partial charge on any atom is 0.118 e. The van der Waals surface area contributed by atoms with E-state index in [0.29, 0.717) is 0 Å². The van der Waals surface area contributed by atoms with Crippen LogP contribution in [0.3, 0.4) is 0 Å². The van der Waals surface area contributed by atoms with Crippen LogP contribution < -0.4 is 22.5 Å². The van der Waals surface area contributed by atoms with Gasteiger partial charge in [0.15, 0.2) is 0 Å². The largest absolute Gasteiger partial charge is 1.00 e. The van der Waals surface area contributed by atoms with Gasteiger partial charge >= 0.3 is 0 Å². The van der Waals surface area contributed by atoms with Crippen LogP contribution in [-0.4, -0.2) is 27.4 Å². The van der Waals surface area contributed by atoms with Crippen molar-refractivity contribution in [2.45, 2.75) is 6.54 Å². The summed E-state index contributed by atoms with van der Waals surface area (Å²) in [6.45, 7) is 2.49. The molecule has 0 saturated carbocycles. The zero-order valence-corrected chi connectivity index (χ0v) is 9.88. The molecule has 0 atom stereocenters. The SMILES string of the molecule is COCCNCc1ccc(OC)cc1.[Cl-]. The summed E-state index contributed by atoms with van der Waals surface area (Å²) in [6.07, 6.45) is 0. The Balaban J connectivity index is 0.00000196. The highest BCUT2D eigenvalue weighted by molar-refractivity contribution is 5.26. The second kappa shape index (κ2) is 8.53. The smallest absolute Gasteiger partial charge is 0.118 e. The first kappa shape index (κ1) is 14.2. The van der Waals surface area contributed by atoms with Gasteiger partial charge in [-0.15, -0.1) is 0 Å². The zero-order chi connectivity index (χ0) is 10.2. The van der Waals surface area contributed by atoms with E-state index in [2.05, 4.69) is 17.4 Å². The number of hydrogen-bond acceptors (Lipinski definition) is 3. The summed E-state index contributed by atoms with van der Waals surface area (Å²) >= 11 is 0. The first-order chi connectivity index (χ1) is 6.86. The van der Waals surface area contributed by atoms with Crippen molar-refractivity contribution in [3.05, 3.63) is 29.8 Å². The fourth-order valence-corrected chi connectivity index (χ4v) is 1.15. The van der Waals surface area contributed by atoms with E-state index in [1.165, 1.54) is 5.56 Å². The van der Waals surface area contributed by atoms with Gasteiger partial charge in [0.1, 0.15) is 5.75 Å². The molecule has 0 radical (unpaired) electrons. The molecule has 0 aliphatic carbocycles. The van der Waals surface area contributed by atoms with Gasteiger partial charge in [-0.2, -0.15) is 0 Å². The molecule has 4 heteroatoms. The molecule has 0 unspecified atom stereocenters. The molecular formula is C11H17ClNO2-. The third-order valence-corrected chi connectivity index (χ3v) is 1.97. The first-order valence-electron chi connectivity index (χ1n) is 4.69. The third kappa shape index (κ3) is 5.62. The molecule has 0 bridgehead atoms. The van der Waals surface area contributed by atoms with Crippen molar-refractivity contribution < 1.29 is 21.9 Å². The predicted molar refractivity (Wildman–Crippen MR) is 56.6 cm³/mol. The Labute approximate surface area is 97.2 Å². The van der Waals surface area contributed by atoms with Gasteiger partial charge in [-0.25, -0.2) is 0 Å². The van der Waals surface area contributed by atoms with Crippen LogP contribution in [0.4, 0.5) is 0 Å². The van der Waals surface area contributed by atoms with Crippen molar-refractivity contribution in [2.24, 2.45) is 0 Å². The summed E-state index contributed by atoms with van der Waals surface area (Å²) in [5.74, 6) is 0.894. The lowest BCUT2D eigenvalue weighted by atomic mass is 10.2. The van der Waals surface area contributed by atoms with Gasteiger partial charge in [0.2, 0.25) is 0 Å². The van der Waals surface area contributed by atoms with Crippen LogP contribution in [0, 0.1) is 0 Å². The van der Waals surface area contributed by atoms with E-state index in [4.69, 9.17) is 9.47 Å². The molecule has 0 saturated heterocycles. The van der Waals surface area contributed by atoms with Crippen LogP contribution in [0.25, 0.3) is 0 Å². The standard InChI is InChI=1S/C11H17NO2.ClH/c1-13-8-7-12-9-10-3-5-11(14-2)6-4-10;/h3-6,12H,7-9H2,1-2H3;1H/p-1. The molecule has 0 aliphatic heterocycles. The summed E-state index contributed by atoms with van der Waals surface area (Å²) in [7, 11) is 3.38. The fourth-order valence-electron chi connectivity index (χ4n) is 1.15. The number of benzene rings is 1. The summed E-state index contributed by atoms with van der Waals surface area (Å²) in [6, 6.07) is 8.04. The Morgan fingerprint density at radius 1 is 1.13 bits per heavy atom. The lowest BCUT2D eigenvalue weighted by Gasteiger charge is -2.05. The molecule has 3 nitrogen and oxygen atoms in total. The molecule has 1 rings (SSSR count). The predicted octanol–water partition coefficient (Wildman–Crippen LogP) is -1.56. The molecule has 1 N–H and O–H groups in total. The molecule has 0 amide bonds. The number of ether oxygens (including phenoxy) is 2. The van der Waals surface area contributed by atoms with Crippen LogP contribution >= 0.6 is 0 Å². The van der Waals surface area contributed by atoms with Crippen molar-refractivity contribution in [3.8, 4) is 5.75 Å². The van der Waals surface area contributed by atoms with E-state index in [0.717, 1.165) is 25.4 Å². The van der Waals surface area contributed by atoms with E-state index < -0.39 is 0 Å². The van der Waals surface area contributed by atoms with Crippen LogP contribution in [0.15, 0.2) is 24.3 Å². The molecule has 0 heterocycles.